The normalized spacial score (nSPS) is 14.2. The van der Waals surface area contributed by atoms with E-state index in [4.69, 9.17) is 0 Å². The summed E-state index contributed by atoms with van der Waals surface area (Å²) in [5, 5.41) is 9.38. The molecule has 0 heterocycles. The highest BCUT2D eigenvalue weighted by atomic mass is 16.4. The topological polar surface area (TPSA) is 40.5 Å². The average Bonchev–Trinajstić information content (AvgIpc) is 2.60. The molecule has 1 atom stereocenters. The van der Waals surface area contributed by atoms with Crippen LogP contribution in [0.4, 0.5) is 0 Å². The molecule has 1 unspecified atom stereocenters. The highest BCUT2D eigenvalue weighted by Crippen LogP contribution is 2.21. The molecule has 0 aromatic rings. The summed E-state index contributed by atoms with van der Waals surface area (Å²) in [6.07, 6.45) is 23.4. The van der Waals surface area contributed by atoms with Crippen molar-refractivity contribution in [2.75, 3.05) is 14.1 Å². The Morgan fingerprint density at radius 3 is 1.65 bits per heavy atom. The van der Waals surface area contributed by atoms with Crippen LogP contribution in [0, 0.1) is 0 Å². The Morgan fingerprint density at radius 1 is 0.808 bits per heavy atom. The van der Waals surface area contributed by atoms with Crippen molar-refractivity contribution < 1.29 is 9.90 Å². The van der Waals surface area contributed by atoms with Crippen LogP contribution >= 0.6 is 0 Å². The number of likely N-dealkylation sites (N-methyl/N-ethyl adjacent to an activating group) is 1. The fourth-order valence-electron chi connectivity index (χ4n) is 3.24. The minimum Gasteiger partial charge on any atom is -0.480 e. The number of unbranched alkanes of at least 4 members (excludes halogenated alkanes) is 12. The van der Waals surface area contributed by atoms with E-state index in [1.165, 1.54) is 77.0 Å². The van der Waals surface area contributed by atoms with Crippen molar-refractivity contribution >= 4 is 5.97 Å². The number of hydrogen-bond acceptors (Lipinski definition) is 2. The molecule has 0 rings (SSSR count). The van der Waals surface area contributed by atoms with E-state index < -0.39 is 11.5 Å². The smallest absolute Gasteiger partial charge is 0.323 e. The van der Waals surface area contributed by atoms with E-state index in [-0.39, 0.29) is 0 Å². The van der Waals surface area contributed by atoms with Crippen LogP contribution in [0.25, 0.3) is 0 Å². The third kappa shape index (κ3) is 12.5. The minimum absolute atomic E-state index is 0.713. The Labute approximate surface area is 163 Å². The molecular formula is C23H45NO2. The molecule has 1 N–H and O–H groups in total. The van der Waals surface area contributed by atoms with E-state index in [1.54, 1.807) is 0 Å². The Kier molecular flexibility index (Phi) is 15.8. The lowest BCUT2D eigenvalue weighted by atomic mass is 9.93. The lowest BCUT2D eigenvalue weighted by molar-refractivity contribution is -0.149. The van der Waals surface area contributed by atoms with Gasteiger partial charge in [-0.1, -0.05) is 83.3 Å². The van der Waals surface area contributed by atoms with E-state index in [2.05, 4.69) is 19.1 Å². The van der Waals surface area contributed by atoms with E-state index in [1.807, 2.05) is 25.9 Å². The van der Waals surface area contributed by atoms with Crippen LogP contribution in [-0.2, 0) is 4.79 Å². The van der Waals surface area contributed by atoms with Gasteiger partial charge in [-0.05, 0) is 53.1 Å². The second-order valence-corrected chi connectivity index (χ2v) is 8.16. The second-order valence-electron chi connectivity index (χ2n) is 8.16. The van der Waals surface area contributed by atoms with E-state index >= 15 is 0 Å². The first-order chi connectivity index (χ1) is 12.4. The lowest BCUT2D eigenvalue weighted by Crippen LogP contribution is -2.48. The summed E-state index contributed by atoms with van der Waals surface area (Å²) in [4.78, 5) is 13.2. The molecule has 0 aromatic heterocycles. The van der Waals surface area contributed by atoms with Crippen LogP contribution < -0.4 is 0 Å². The third-order valence-electron chi connectivity index (χ3n) is 5.62. The van der Waals surface area contributed by atoms with Gasteiger partial charge < -0.3 is 5.11 Å². The molecule has 26 heavy (non-hydrogen) atoms. The van der Waals surface area contributed by atoms with Crippen molar-refractivity contribution in [1.82, 2.24) is 4.90 Å². The summed E-state index contributed by atoms with van der Waals surface area (Å²) >= 11 is 0. The SMILES string of the molecule is CCCCCCCC/C=C\CCCCCCCCC(C)(C(=O)O)N(C)C. The van der Waals surface area contributed by atoms with Crippen LogP contribution in [0.2, 0.25) is 0 Å². The Morgan fingerprint density at radius 2 is 1.23 bits per heavy atom. The molecule has 0 aliphatic carbocycles. The fourth-order valence-corrected chi connectivity index (χ4v) is 3.24. The minimum atomic E-state index is -0.721. The maximum Gasteiger partial charge on any atom is 0.323 e. The zero-order chi connectivity index (χ0) is 19.7. The van der Waals surface area contributed by atoms with E-state index in [9.17, 15) is 9.90 Å². The average molecular weight is 368 g/mol. The van der Waals surface area contributed by atoms with E-state index in [0.717, 1.165) is 19.3 Å². The Balaban J connectivity index is 3.43. The van der Waals surface area contributed by atoms with Crippen LogP contribution in [-0.4, -0.2) is 35.6 Å². The predicted molar refractivity (Wildman–Crippen MR) is 114 cm³/mol. The molecule has 154 valence electrons. The summed E-state index contributed by atoms with van der Waals surface area (Å²) in [6, 6.07) is 0. The summed E-state index contributed by atoms with van der Waals surface area (Å²) in [5.41, 5.74) is -0.721. The molecule has 0 aliphatic rings. The zero-order valence-corrected chi connectivity index (χ0v) is 18.1. The van der Waals surface area contributed by atoms with Crippen LogP contribution in [0.5, 0.6) is 0 Å². The summed E-state index contributed by atoms with van der Waals surface area (Å²) in [5.74, 6) is -0.713. The van der Waals surface area contributed by atoms with E-state index in [0.29, 0.717) is 0 Å². The second kappa shape index (κ2) is 16.4. The highest BCUT2D eigenvalue weighted by Gasteiger charge is 2.34. The van der Waals surface area contributed by atoms with Gasteiger partial charge in [0.25, 0.3) is 0 Å². The summed E-state index contributed by atoms with van der Waals surface area (Å²) < 4.78 is 0. The number of hydrogen-bond donors (Lipinski definition) is 1. The molecule has 0 bridgehead atoms. The standard InChI is InChI=1S/C23H45NO2/c1-5-6-7-8-9-10-11-12-13-14-15-16-17-18-19-20-21-23(2,22(25)26)24(3)4/h12-13H,5-11,14-21H2,1-4H3,(H,25,26)/b13-12-. The van der Waals surface area contributed by atoms with Gasteiger partial charge in [0, 0.05) is 0 Å². The summed E-state index contributed by atoms with van der Waals surface area (Å²) in [7, 11) is 3.71. The molecule has 0 amide bonds. The highest BCUT2D eigenvalue weighted by molar-refractivity contribution is 5.78. The molecule has 0 aliphatic heterocycles. The third-order valence-corrected chi connectivity index (χ3v) is 5.62. The van der Waals surface area contributed by atoms with Gasteiger partial charge in [0.05, 0.1) is 0 Å². The maximum absolute atomic E-state index is 11.4. The van der Waals surface area contributed by atoms with Gasteiger partial charge in [-0.25, -0.2) is 0 Å². The molecule has 0 saturated carbocycles. The van der Waals surface area contributed by atoms with Crippen molar-refractivity contribution in [3.8, 4) is 0 Å². The fraction of sp³-hybridized carbons (Fsp3) is 0.870. The molecule has 3 heteroatoms. The molecule has 0 spiro atoms. The number of nitrogens with zero attached hydrogens (tertiary/aromatic N) is 1. The molecule has 0 radical (unpaired) electrons. The first-order valence-electron chi connectivity index (χ1n) is 11.0. The van der Waals surface area contributed by atoms with Gasteiger partial charge in [0.1, 0.15) is 5.54 Å². The predicted octanol–water partition coefficient (Wildman–Crippen LogP) is 6.82. The number of allylic oxidation sites excluding steroid dienone is 2. The zero-order valence-electron chi connectivity index (χ0n) is 18.1. The number of aliphatic carboxylic acids is 1. The summed E-state index contributed by atoms with van der Waals surface area (Å²) in [6.45, 7) is 4.09. The van der Waals surface area contributed by atoms with Gasteiger partial charge in [-0.2, -0.15) is 0 Å². The van der Waals surface area contributed by atoms with Gasteiger partial charge >= 0.3 is 5.97 Å². The first kappa shape index (κ1) is 25.2. The van der Waals surface area contributed by atoms with Crippen LogP contribution in [0.3, 0.4) is 0 Å². The van der Waals surface area contributed by atoms with Crippen molar-refractivity contribution in [3.05, 3.63) is 12.2 Å². The Hall–Kier alpha value is -0.830. The van der Waals surface area contributed by atoms with Gasteiger partial charge in [-0.3, -0.25) is 9.69 Å². The molecule has 3 nitrogen and oxygen atoms in total. The van der Waals surface area contributed by atoms with Gasteiger partial charge in [-0.15, -0.1) is 0 Å². The number of carboxylic acids is 1. The van der Waals surface area contributed by atoms with Crippen molar-refractivity contribution in [1.29, 1.82) is 0 Å². The molecule has 0 aromatic carbocycles. The van der Waals surface area contributed by atoms with Crippen molar-refractivity contribution in [2.45, 2.75) is 116 Å². The molecular weight excluding hydrogens is 322 g/mol. The molecule has 0 fully saturated rings. The van der Waals surface area contributed by atoms with Crippen LogP contribution in [0.1, 0.15) is 110 Å². The number of carbonyl (C=O) groups is 1. The number of carboxylic acid groups (broad SMARTS) is 1. The number of rotatable bonds is 18. The van der Waals surface area contributed by atoms with Crippen LogP contribution in [0.15, 0.2) is 12.2 Å². The maximum atomic E-state index is 11.4. The van der Waals surface area contributed by atoms with Gasteiger partial charge in [0.2, 0.25) is 0 Å². The Bertz CT molecular complexity index is 365. The monoisotopic (exact) mass is 367 g/mol. The van der Waals surface area contributed by atoms with Gasteiger partial charge in [0.15, 0.2) is 0 Å². The van der Waals surface area contributed by atoms with Crippen molar-refractivity contribution in [2.24, 2.45) is 0 Å². The molecule has 0 saturated heterocycles. The quantitative estimate of drug-likeness (QED) is 0.213. The largest absolute Gasteiger partial charge is 0.480 e. The first-order valence-corrected chi connectivity index (χ1v) is 11.0. The lowest BCUT2D eigenvalue weighted by Gasteiger charge is -2.32. The van der Waals surface area contributed by atoms with Crippen molar-refractivity contribution in [3.63, 3.8) is 0 Å².